The molecule has 0 amide bonds. The molecule has 14 heteroatoms. The van der Waals surface area contributed by atoms with Crippen LogP contribution in [0, 0.1) is 29.6 Å². The Kier molecular flexibility index (Phi) is 11.1. The van der Waals surface area contributed by atoms with Crippen molar-refractivity contribution in [3.05, 3.63) is 47.8 Å². The van der Waals surface area contributed by atoms with Gasteiger partial charge < -0.3 is 43.4 Å². The maximum absolute atomic E-state index is 13.7. The van der Waals surface area contributed by atoms with Crippen molar-refractivity contribution in [1.29, 1.82) is 0 Å². The van der Waals surface area contributed by atoms with E-state index in [1.807, 2.05) is 39.0 Å². The number of H-pyrrole nitrogens is 1. The maximum atomic E-state index is 13.7. The summed E-state index contributed by atoms with van der Waals surface area (Å²) in [6.45, 7) is 11.3. The van der Waals surface area contributed by atoms with Gasteiger partial charge in [-0.05, 0) is 45.0 Å². The van der Waals surface area contributed by atoms with Crippen LogP contribution in [-0.4, -0.2) is 139 Å². The summed E-state index contributed by atoms with van der Waals surface area (Å²) in [5.74, 6) is -5.51. The third-order valence-corrected chi connectivity index (χ3v) is 11.6. The highest BCUT2D eigenvalue weighted by atomic mass is 16.6. The summed E-state index contributed by atoms with van der Waals surface area (Å²) < 4.78 is 35.4. The van der Waals surface area contributed by atoms with Gasteiger partial charge in [-0.3, -0.25) is 4.90 Å². The van der Waals surface area contributed by atoms with Crippen LogP contribution in [0.4, 0.5) is 0 Å². The predicted octanol–water partition coefficient (Wildman–Crippen LogP) is 1.74. The van der Waals surface area contributed by atoms with E-state index < -0.39 is 89.8 Å². The lowest BCUT2D eigenvalue weighted by Gasteiger charge is -2.48. The first-order valence-electron chi connectivity index (χ1n) is 17.9. The number of aliphatic hydroxyl groups excluding tert-OH is 1. The van der Waals surface area contributed by atoms with Gasteiger partial charge in [0.1, 0.15) is 42.3 Å². The molecule has 0 radical (unpaired) electrons. The Hall–Kier alpha value is -3.56. The molecule has 6 rings (SSSR count). The number of carbonyl (C=O) groups excluding carboxylic acids is 4. The minimum atomic E-state index is -1.17. The lowest BCUT2D eigenvalue weighted by molar-refractivity contribution is -0.184. The van der Waals surface area contributed by atoms with E-state index >= 15 is 0 Å². The molecule has 2 N–H and O–H groups in total. The molecule has 2 unspecified atom stereocenters. The minimum absolute atomic E-state index is 0.0512. The van der Waals surface area contributed by atoms with Crippen LogP contribution >= 0.6 is 0 Å². The molecule has 2 saturated heterocycles. The van der Waals surface area contributed by atoms with Crippen LogP contribution in [0.15, 0.2) is 42.1 Å². The van der Waals surface area contributed by atoms with Gasteiger partial charge in [-0.25, -0.2) is 19.2 Å². The van der Waals surface area contributed by atoms with Gasteiger partial charge >= 0.3 is 23.9 Å². The van der Waals surface area contributed by atoms with E-state index in [2.05, 4.69) is 21.8 Å². The minimum Gasteiger partial charge on any atom is -0.456 e. The van der Waals surface area contributed by atoms with Crippen LogP contribution in [0.3, 0.4) is 0 Å². The van der Waals surface area contributed by atoms with Crippen molar-refractivity contribution in [3.8, 4) is 0 Å². The highest BCUT2D eigenvalue weighted by Gasteiger charge is 2.69. The molecule has 4 bridgehead atoms. The number of nitrogens with one attached hydrogen (secondary N) is 1. The monoisotopic (exact) mass is 713 g/mol. The van der Waals surface area contributed by atoms with E-state index in [0.717, 1.165) is 31.8 Å². The molecule has 2 aliphatic carbocycles. The molecule has 1 spiro atoms. The number of carbonyl (C=O) groups is 4. The number of rotatable bonds is 8. The molecule has 1 aromatic rings. The first kappa shape index (κ1) is 37.2. The molecule has 3 aliphatic heterocycles. The highest BCUT2D eigenvalue weighted by molar-refractivity contribution is 6.29. The molecule has 1 saturated carbocycles. The van der Waals surface area contributed by atoms with Crippen LogP contribution < -0.4 is 0 Å². The number of esters is 4. The lowest BCUT2D eigenvalue weighted by atomic mass is 9.57. The molecule has 14 nitrogen and oxygen atoms in total. The number of piperazine rings is 1. The van der Waals surface area contributed by atoms with Crippen molar-refractivity contribution in [2.24, 2.45) is 29.6 Å². The normalized spacial score (nSPS) is 38.4. The number of aliphatic hydroxyl groups is 1. The topological polar surface area (TPSA) is 166 Å². The molecule has 51 heavy (non-hydrogen) atoms. The summed E-state index contributed by atoms with van der Waals surface area (Å²) in [5, 5.41) is 11.9. The van der Waals surface area contributed by atoms with Crippen molar-refractivity contribution in [3.63, 3.8) is 0 Å². The third-order valence-electron chi connectivity index (χ3n) is 11.6. The molecule has 280 valence electrons. The zero-order chi connectivity index (χ0) is 36.6. The third kappa shape index (κ3) is 7.13. The van der Waals surface area contributed by atoms with Crippen LogP contribution in [0.2, 0.25) is 0 Å². The van der Waals surface area contributed by atoms with E-state index in [4.69, 9.17) is 28.4 Å². The summed E-state index contributed by atoms with van der Waals surface area (Å²) in [4.78, 5) is 59.4. The van der Waals surface area contributed by atoms with E-state index in [0.29, 0.717) is 12.2 Å². The van der Waals surface area contributed by atoms with Gasteiger partial charge in [0.05, 0.1) is 6.10 Å². The highest BCUT2D eigenvalue weighted by Crippen LogP contribution is 2.61. The fraction of sp³-hybridized carbons (Fsp3) is 0.676. The summed E-state index contributed by atoms with van der Waals surface area (Å²) in [6.07, 6.45) is 2.51. The van der Waals surface area contributed by atoms with E-state index in [1.165, 1.54) is 7.11 Å². The van der Waals surface area contributed by atoms with E-state index in [9.17, 15) is 24.3 Å². The van der Waals surface area contributed by atoms with Gasteiger partial charge in [0.25, 0.3) is 0 Å². The Bertz CT molecular complexity index is 1500. The second-order valence-corrected chi connectivity index (χ2v) is 14.7. The zero-order valence-electron chi connectivity index (χ0n) is 30.2. The molecular formula is C37H51N3O11. The number of ether oxygens (including phenoxy) is 6. The van der Waals surface area contributed by atoms with Crippen LogP contribution in [0.25, 0.3) is 0 Å². The maximum Gasteiger partial charge on any atom is 0.417 e. The van der Waals surface area contributed by atoms with Crippen molar-refractivity contribution in [1.82, 2.24) is 14.8 Å². The van der Waals surface area contributed by atoms with Crippen molar-refractivity contribution >= 4 is 23.9 Å². The molecule has 1 aromatic heterocycles. The largest absolute Gasteiger partial charge is 0.456 e. The number of aromatic nitrogens is 1. The number of methoxy groups -OCH3 is 1. The fourth-order valence-electron chi connectivity index (χ4n) is 8.81. The Morgan fingerprint density at radius 1 is 1.14 bits per heavy atom. The summed E-state index contributed by atoms with van der Waals surface area (Å²) in [6, 6.07) is 3.34. The van der Waals surface area contributed by atoms with Crippen molar-refractivity contribution < 1.29 is 52.7 Å². The number of likely N-dealkylation sites (N-methyl/N-ethyl adjacent to an activating group) is 1. The molecular weight excluding hydrogens is 662 g/mol. The molecule has 0 aromatic carbocycles. The lowest BCUT2D eigenvalue weighted by Crippen LogP contribution is -2.57. The standard InChI is InChI=1S/C37H51N3O11/c1-20-18-21(2)37-24(9-10-25-28(37)29(41)22(3)31(32(25)51-37)50-33(42)26-8-7-11-38-26)19-27(46-6)34(43)49-30(20)23(4)48-36(45)35(44)47-17-16-40-14-12-39(5)13-15-40/h7-11,18,20,22-25,27-32,38,41H,12-17,19H2,1-6H3/b21-18+/t20-,22-,23-,24-,25?,27+,28?,29-,30+,31-,32-,37+/m1/s1. The number of nitrogens with zero attached hydrogens (tertiary/aromatic N) is 2. The number of aromatic amines is 1. The molecule has 12 atom stereocenters. The second kappa shape index (κ2) is 15.2. The Morgan fingerprint density at radius 3 is 2.57 bits per heavy atom. The smallest absolute Gasteiger partial charge is 0.417 e. The van der Waals surface area contributed by atoms with Gasteiger partial charge in [-0.2, -0.15) is 0 Å². The average Bonchev–Trinajstić information content (AvgIpc) is 3.71. The second-order valence-electron chi connectivity index (χ2n) is 14.7. The number of hydrogen-bond acceptors (Lipinski definition) is 13. The summed E-state index contributed by atoms with van der Waals surface area (Å²) >= 11 is 0. The first-order valence-corrected chi connectivity index (χ1v) is 17.9. The van der Waals surface area contributed by atoms with Gasteiger partial charge in [0.2, 0.25) is 0 Å². The van der Waals surface area contributed by atoms with Crippen molar-refractivity contribution in [2.45, 2.75) is 76.3 Å². The Balaban J connectivity index is 1.21. The average molecular weight is 714 g/mol. The number of hydrogen-bond donors (Lipinski definition) is 2. The Morgan fingerprint density at radius 2 is 1.88 bits per heavy atom. The van der Waals surface area contributed by atoms with Gasteiger partial charge in [0.15, 0.2) is 6.10 Å². The molecule has 4 heterocycles. The van der Waals surface area contributed by atoms with Gasteiger partial charge in [-0.15, -0.1) is 0 Å². The van der Waals surface area contributed by atoms with Gasteiger partial charge in [0, 0.05) is 75.6 Å². The SMILES string of the molecule is CO[C@H]1C[C@H]2C=CC3C4[C@H](O)[C@@H](C)[C@@H](OC(=O)c5ccc[nH]5)[C@@H]3O[C@]42/C(C)=C/[C@@H](C)[C@@H]([C@@H](C)OC(=O)C(=O)OCCN2CCN(C)CC2)OC1=O. The zero-order valence-corrected chi connectivity index (χ0v) is 30.2. The predicted molar refractivity (Wildman–Crippen MR) is 181 cm³/mol. The molecule has 5 aliphatic rings. The van der Waals surface area contributed by atoms with Crippen LogP contribution in [0.1, 0.15) is 44.6 Å². The van der Waals surface area contributed by atoms with Crippen molar-refractivity contribution in [2.75, 3.05) is 53.5 Å². The summed E-state index contributed by atoms with van der Waals surface area (Å²) in [5.41, 5.74) is 0.0340. The van der Waals surface area contributed by atoms with E-state index in [1.54, 1.807) is 25.3 Å². The molecule has 3 fully saturated rings. The van der Waals surface area contributed by atoms with Gasteiger partial charge in [-0.1, -0.05) is 32.1 Å². The van der Waals surface area contributed by atoms with E-state index in [-0.39, 0.29) is 18.9 Å². The fourth-order valence-corrected chi connectivity index (χ4v) is 8.81. The van der Waals surface area contributed by atoms with Crippen LogP contribution in [-0.2, 0) is 42.8 Å². The van der Waals surface area contributed by atoms with Crippen LogP contribution in [0.5, 0.6) is 0 Å². The Labute approximate surface area is 298 Å². The summed E-state index contributed by atoms with van der Waals surface area (Å²) in [7, 11) is 3.47. The number of cyclic esters (lactones) is 1. The quantitative estimate of drug-likeness (QED) is 0.173. The first-order chi connectivity index (χ1) is 24.3.